The molecule has 0 N–H and O–H groups in total. The quantitative estimate of drug-likeness (QED) is 0.784. The Hall–Kier alpha value is -2.62. The number of aryl methyl sites for hydroxylation is 2. The number of carbonyl (C=O) groups excluding carboxylic acids is 2. The second-order valence-electron chi connectivity index (χ2n) is 5.96. The summed E-state index contributed by atoms with van der Waals surface area (Å²) in [7, 11) is 0. The van der Waals surface area contributed by atoms with Crippen molar-refractivity contribution in [1.29, 1.82) is 0 Å². The van der Waals surface area contributed by atoms with Gasteiger partial charge in [-0.1, -0.05) is 42.5 Å². The summed E-state index contributed by atoms with van der Waals surface area (Å²) in [5.74, 6) is 0. The molecule has 0 saturated carbocycles. The highest BCUT2D eigenvalue weighted by Crippen LogP contribution is 2.29. The lowest BCUT2D eigenvalue weighted by Crippen LogP contribution is -2.35. The van der Waals surface area contributed by atoms with Crippen LogP contribution in [0.3, 0.4) is 0 Å². The summed E-state index contributed by atoms with van der Waals surface area (Å²) in [6.45, 7) is 0.956. The van der Waals surface area contributed by atoms with Gasteiger partial charge in [0, 0.05) is 13.0 Å². The number of carbonyl (C=O) groups is 2. The standard InChI is InChI=1S/C20H21NO3/c22-13-5-8-16-10-11-19-18(14-16)9-4-12-21(19)20(23)24-15-17-6-2-1-3-7-17/h1-3,6-7,10-11,13-14H,4-5,8-9,12,15H2. The molecule has 2 aromatic carbocycles. The third-order valence-corrected chi connectivity index (χ3v) is 4.24. The summed E-state index contributed by atoms with van der Waals surface area (Å²) in [6, 6.07) is 15.8. The summed E-state index contributed by atoms with van der Waals surface area (Å²) >= 11 is 0. The normalized spacial score (nSPS) is 13.2. The zero-order chi connectivity index (χ0) is 16.8. The number of nitrogens with zero attached hydrogens (tertiary/aromatic N) is 1. The second kappa shape index (κ2) is 7.77. The predicted molar refractivity (Wildman–Crippen MR) is 93.1 cm³/mol. The Morgan fingerprint density at radius 2 is 1.96 bits per heavy atom. The van der Waals surface area contributed by atoms with Crippen molar-refractivity contribution in [3.8, 4) is 0 Å². The van der Waals surface area contributed by atoms with Gasteiger partial charge in [-0.2, -0.15) is 0 Å². The average Bonchev–Trinajstić information content (AvgIpc) is 2.64. The van der Waals surface area contributed by atoms with Gasteiger partial charge in [-0.15, -0.1) is 0 Å². The van der Waals surface area contributed by atoms with Crippen LogP contribution in [-0.2, 0) is 29.0 Å². The lowest BCUT2D eigenvalue weighted by molar-refractivity contribution is -0.107. The molecule has 24 heavy (non-hydrogen) atoms. The summed E-state index contributed by atoms with van der Waals surface area (Å²) < 4.78 is 5.46. The van der Waals surface area contributed by atoms with E-state index in [4.69, 9.17) is 4.74 Å². The van der Waals surface area contributed by atoms with Gasteiger partial charge in [-0.05, 0) is 42.0 Å². The Balaban J connectivity index is 1.69. The summed E-state index contributed by atoms with van der Waals surface area (Å²) in [5.41, 5.74) is 4.20. The third-order valence-electron chi connectivity index (χ3n) is 4.24. The van der Waals surface area contributed by atoms with Crippen LogP contribution in [-0.4, -0.2) is 18.9 Å². The Bertz CT molecular complexity index is 712. The molecule has 1 aliphatic rings. The van der Waals surface area contributed by atoms with Crippen molar-refractivity contribution in [2.45, 2.75) is 32.3 Å². The zero-order valence-corrected chi connectivity index (χ0v) is 13.6. The minimum atomic E-state index is -0.305. The van der Waals surface area contributed by atoms with E-state index in [0.29, 0.717) is 13.0 Å². The molecule has 0 fully saturated rings. The topological polar surface area (TPSA) is 46.6 Å². The summed E-state index contributed by atoms with van der Waals surface area (Å²) in [5, 5.41) is 0. The van der Waals surface area contributed by atoms with Crippen molar-refractivity contribution < 1.29 is 14.3 Å². The number of benzene rings is 2. The van der Waals surface area contributed by atoms with Crippen LogP contribution in [0.15, 0.2) is 48.5 Å². The molecule has 1 amide bonds. The van der Waals surface area contributed by atoms with E-state index in [9.17, 15) is 9.59 Å². The number of hydrogen-bond acceptors (Lipinski definition) is 3. The summed E-state index contributed by atoms with van der Waals surface area (Å²) in [4.78, 5) is 24.7. The third kappa shape index (κ3) is 3.82. The Labute approximate surface area is 142 Å². The Kier molecular flexibility index (Phi) is 5.26. The average molecular weight is 323 g/mol. The SMILES string of the molecule is O=CCCc1ccc2c(c1)CCCN2C(=O)OCc1ccccc1. The Morgan fingerprint density at radius 3 is 2.75 bits per heavy atom. The zero-order valence-electron chi connectivity index (χ0n) is 13.6. The van der Waals surface area contributed by atoms with Crippen molar-refractivity contribution in [1.82, 2.24) is 0 Å². The second-order valence-corrected chi connectivity index (χ2v) is 5.96. The molecule has 2 aromatic rings. The van der Waals surface area contributed by atoms with Crippen molar-refractivity contribution in [3.05, 3.63) is 65.2 Å². The maximum Gasteiger partial charge on any atom is 0.414 e. The molecule has 0 radical (unpaired) electrons. The molecule has 4 heteroatoms. The number of ether oxygens (including phenoxy) is 1. The van der Waals surface area contributed by atoms with Gasteiger partial charge in [0.15, 0.2) is 0 Å². The molecule has 1 heterocycles. The molecule has 0 atom stereocenters. The minimum Gasteiger partial charge on any atom is -0.444 e. The lowest BCUT2D eigenvalue weighted by Gasteiger charge is -2.29. The number of anilines is 1. The van der Waals surface area contributed by atoms with Gasteiger partial charge in [-0.3, -0.25) is 4.90 Å². The van der Waals surface area contributed by atoms with Gasteiger partial charge < -0.3 is 9.53 Å². The van der Waals surface area contributed by atoms with Gasteiger partial charge in [0.25, 0.3) is 0 Å². The lowest BCUT2D eigenvalue weighted by atomic mass is 9.98. The number of hydrogen-bond donors (Lipinski definition) is 0. The molecule has 3 rings (SSSR count). The largest absolute Gasteiger partial charge is 0.444 e. The summed E-state index contributed by atoms with van der Waals surface area (Å²) in [6.07, 6.45) is 3.78. The molecule has 4 nitrogen and oxygen atoms in total. The van der Waals surface area contributed by atoms with Crippen LogP contribution in [0.4, 0.5) is 10.5 Å². The van der Waals surface area contributed by atoms with Crippen molar-refractivity contribution >= 4 is 18.1 Å². The first-order chi connectivity index (χ1) is 11.8. The van der Waals surface area contributed by atoms with E-state index >= 15 is 0 Å². The fourth-order valence-corrected chi connectivity index (χ4v) is 3.02. The highest BCUT2D eigenvalue weighted by molar-refractivity contribution is 5.89. The molecule has 0 unspecified atom stereocenters. The monoisotopic (exact) mass is 323 g/mol. The first-order valence-corrected chi connectivity index (χ1v) is 8.31. The molecule has 0 aliphatic carbocycles. The molecule has 0 aromatic heterocycles. The number of aldehydes is 1. The fraction of sp³-hybridized carbons (Fsp3) is 0.300. The van der Waals surface area contributed by atoms with E-state index in [2.05, 4.69) is 6.07 Å². The maximum atomic E-state index is 12.4. The molecular formula is C20H21NO3. The van der Waals surface area contributed by atoms with Crippen LogP contribution in [0.1, 0.15) is 29.5 Å². The van der Waals surface area contributed by atoms with E-state index in [0.717, 1.165) is 47.9 Å². The van der Waals surface area contributed by atoms with Crippen molar-refractivity contribution in [2.24, 2.45) is 0 Å². The smallest absolute Gasteiger partial charge is 0.414 e. The van der Waals surface area contributed by atoms with E-state index in [-0.39, 0.29) is 12.7 Å². The van der Waals surface area contributed by atoms with E-state index in [1.165, 1.54) is 0 Å². The van der Waals surface area contributed by atoms with Gasteiger partial charge in [0.1, 0.15) is 12.9 Å². The van der Waals surface area contributed by atoms with E-state index in [1.54, 1.807) is 4.90 Å². The maximum absolute atomic E-state index is 12.4. The minimum absolute atomic E-state index is 0.281. The van der Waals surface area contributed by atoms with E-state index in [1.807, 2.05) is 42.5 Å². The molecular weight excluding hydrogens is 302 g/mol. The number of amides is 1. The molecule has 1 aliphatic heterocycles. The number of rotatable bonds is 5. The van der Waals surface area contributed by atoms with Gasteiger partial charge in [-0.25, -0.2) is 4.79 Å². The first kappa shape index (κ1) is 16.2. The predicted octanol–water partition coefficient (Wildman–Crippen LogP) is 3.91. The van der Waals surface area contributed by atoms with Crippen LogP contribution in [0.2, 0.25) is 0 Å². The highest BCUT2D eigenvalue weighted by atomic mass is 16.6. The van der Waals surface area contributed by atoms with Gasteiger partial charge >= 0.3 is 6.09 Å². The van der Waals surface area contributed by atoms with Crippen LogP contribution >= 0.6 is 0 Å². The molecule has 0 spiro atoms. The van der Waals surface area contributed by atoms with Crippen molar-refractivity contribution in [2.75, 3.05) is 11.4 Å². The molecule has 0 bridgehead atoms. The van der Waals surface area contributed by atoms with Crippen LogP contribution in [0.5, 0.6) is 0 Å². The van der Waals surface area contributed by atoms with Crippen LogP contribution in [0.25, 0.3) is 0 Å². The highest BCUT2D eigenvalue weighted by Gasteiger charge is 2.23. The van der Waals surface area contributed by atoms with E-state index < -0.39 is 0 Å². The molecule has 124 valence electrons. The number of fused-ring (bicyclic) bond motifs is 1. The van der Waals surface area contributed by atoms with Crippen LogP contribution in [0, 0.1) is 0 Å². The van der Waals surface area contributed by atoms with Crippen molar-refractivity contribution in [3.63, 3.8) is 0 Å². The fourth-order valence-electron chi connectivity index (χ4n) is 3.02. The van der Waals surface area contributed by atoms with Gasteiger partial charge in [0.05, 0.1) is 5.69 Å². The molecule has 0 saturated heterocycles. The van der Waals surface area contributed by atoms with Crippen LogP contribution < -0.4 is 4.90 Å². The Morgan fingerprint density at radius 1 is 1.12 bits per heavy atom. The first-order valence-electron chi connectivity index (χ1n) is 8.31. The van der Waals surface area contributed by atoms with Gasteiger partial charge in [0.2, 0.25) is 0 Å².